The number of fused-ring (bicyclic) bond motifs is 1. The van der Waals surface area contributed by atoms with Crippen molar-refractivity contribution in [2.75, 3.05) is 0 Å². The second-order valence-electron chi connectivity index (χ2n) is 8.32. The molecule has 0 atom stereocenters. The number of para-hydroxylation sites is 1. The number of aryl methyl sites for hydroxylation is 2. The molecule has 0 aliphatic heterocycles. The zero-order chi connectivity index (χ0) is 17.8. The Bertz CT molecular complexity index is 916. The van der Waals surface area contributed by atoms with Crippen LogP contribution in [0.1, 0.15) is 42.9 Å². The fourth-order valence-electron chi connectivity index (χ4n) is 4.32. The average molecular weight is 352 g/mol. The van der Waals surface area contributed by atoms with Crippen LogP contribution < -0.4 is 0 Å². The molecule has 4 rings (SSSR count). The minimum Gasteiger partial charge on any atom is -0.346 e. The first-order valence-corrected chi connectivity index (χ1v) is 9.86. The Hall–Kier alpha value is -1.87. The number of nitrogens with zero attached hydrogens (tertiary/aromatic N) is 1. The van der Waals surface area contributed by atoms with Crippen molar-refractivity contribution in [3.8, 4) is 0 Å². The summed E-state index contributed by atoms with van der Waals surface area (Å²) in [5.74, 6) is 0.414. The molecule has 1 aliphatic carbocycles. The molecule has 0 N–H and O–H groups in total. The summed E-state index contributed by atoms with van der Waals surface area (Å²) in [5.41, 5.74) is 2.21. The Morgan fingerprint density at radius 1 is 1.08 bits per heavy atom. The van der Waals surface area contributed by atoms with E-state index in [-0.39, 0.29) is 16.7 Å². The van der Waals surface area contributed by atoms with E-state index in [4.69, 9.17) is 0 Å². The number of Topliss-reactive ketones (excluding diaryl/α,β-unsaturated/α-hetero) is 1. The summed E-state index contributed by atoms with van der Waals surface area (Å²) in [5, 5.41) is 3.21. The molecule has 0 saturated heterocycles. The molecule has 3 aromatic rings. The van der Waals surface area contributed by atoms with Crippen LogP contribution in [0.3, 0.4) is 0 Å². The van der Waals surface area contributed by atoms with Gasteiger partial charge in [0.25, 0.3) is 0 Å². The van der Waals surface area contributed by atoms with Crippen molar-refractivity contribution in [2.45, 2.75) is 40.7 Å². The van der Waals surface area contributed by atoms with Crippen molar-refractivity contribution >= 4 is 28.0 Å². The van der Waals surface area contributed by atoms with Crippen LogP contribution in [0.2, 0.25) is 0 Å². The summed E-state index contributed by atoms with van der Waals surface area (Å²) < 4.78 is 2.25. The van der Waals surface area contributed by atoms with Crippen LogP contribution in [0.25, 0.3) is 10.9 Å². The largest absolute Gasteiger partial charge is 0.346 e. The lowest BCUT2D eigenvalue weighted by Crippen LogP contribution is -2.07. The number of thiophene rings is 1. The maximum Gasteiger partial charge on any atom is 0.169 e. The standard InChI is InChI=1S/C22H25NOS/c1-21(2)20(22(21,3)4)19(24)17-14-23(12-11-15-8-7-13-25-15)18-10-6-5-9-16(17)18/h5-10,13-14,20H,11-12H2,1-4H3. The molecule has 0 spiro atoms. The second-order valence-corrected chi connectivity index (χ2v) is 9.36. The fraction of sp³-hybridized carbons (Fsp3) is 0.409. The molecular formula is C22H25NOS. The highest BCUT2D eigenvalue weighted by atomic mass is 32.1. The van der Waals surface area contributed by atoms with Crippen LogP contribution in [0.4, 0.5) is 0 Å². The van der Waals surface area contributed by atoms with Crippen molar-refractivity contribution in [2.24, 2.45) is 16.7 Å². The second kappa shape index (κ2) is 5.57. The number of hydrogen-bond donors (Lipinski definition) is 0. The summed E-state index contributed by atoms with van der Waals surface area (Å²) in [6.07, 6.45) is 3.09. The maximum atomic E-state index is 13.3. The highest BCUT2D eigenvalue weighted by Crippen LogP contribution is 2.69. The summed E-state index contributed by atoms with van der Waals surface area (Å²) in [6.45, 7) is 9.76. The predicted octanol–water partition coefficient (Wildman–Crippen LogP) is 5.81. The SMILES string of the molecule is CC1(C)C(C(=O)c2cn(CCc3cccs3)c3ccccc23)C1(C)C. The van der Waals surface area contributed by atoms with Gasteiger partial charge in [-0.25, -0.2) is 0 Å². The van der Waals surface area contributed by atoms with Crippen LogP contribution in [0.15, 0.2) is 48.0 Å². The average Bonchev–Trinajstić information content (AvgIpc) is 3.05. The van der Waals surface area contributed by atoms with Crippen molar-refractivity contribution < 1.29 is 4.79 Å². The van der Waals surface area contributed by atoms with Gasteiger partial charge in [-0.05, 0) is 34.8 Å². The van der Waals surface area contributed by atoms with Crippen molar-refractivity contribution in [1.29, 1.82) is 0 Å². The van der Waals surface area contributed by atoms with E-state index >= 15 is 0 Å². The van der Waals surface area contributed by atoms with Gasteiger partial charge in [0.1, 0.15) is 0 Å². The van der Waals surface area contributed by atoms with E-state index < -0.39 is 0 Å². The minimum atomic E-state index is 0.0737. The molecule has 2 aromatic heterocycles. The lowest BCUT2D eigenvalue weighted by atomic mass is 10.0. The van der Waals surface area contributed by atoms with Gasteiger partial charge in [0.05, 0.1) is 0 Å². The Morgan fingerprint density at radius 3 is 2.44 bits per heavy atom. The lowest BCUT2D eigenvalue weighted by Gasteiger charge is -2.03. The van der Waals surface area contributed by atoms with Gasteiger partial charge in [0, 0.05) is 40.0 Å². The van der Waals surface area contributed by atoms with Crippen LogP contribution in [0.5, 0.6) is 0 Å². The molecule has 25 heavy (non-hydrogen) atoms. The monoisotopic (exact) mass is 351 g/mol. The summed E-state index contributed by atoms with van der Waals surface area (Å²) >= 11 is 1.79. The van der Waals surface area contributed by atoms with Crippen LogP contribution in [0, 0.1) is 16.7 Å². The third-order valence-electron chi connectivity index (χ3n) is 6.52. The smallest absolute Gasteiger partial charge is 0.169 e. The number of benzene rings is 1. The first-order valence-electron chi connectivity index (χ1n) is 8.98. The molecule has 1 saturated carbocycles. The van der Waals surface area contributed by atoms with Gasteiger partial charge >= 0.3 is 0 Å². The number of aromatic nitrogens is 1. The highest BCUT2D eigenvalue weighted by molar-refractivity contribution is 7.09. The number of carbonyl (C=O) groups is 1. The third-order valence-corrected chi connectivity index (χ3v) is 7.45. The molecule has 0 unspecified atom stereocenters. The van der Waals surface area contributed by atoms with E-state index in [1.807, 2.05) is 6.07 Å². The van der Waals surface area contributed by atoms with Gasteiger partial charge < -0.3 is 4.57 Å². The van der Waals surface area contributed by atoms with Gasteiger partial charge in [0.15, 0.2) is 5.78 Å². The molecule has 1 aliphatic rings. The summed E-state index contributed by atoms with van der Waals surface area (Å²) in [6, 6.07) is 12.6. The number of ketones is 1. The van der Waals surface area contributed by atoms with Crippen molar-refractivity contribution in [3.63, 3.8) is 0 Å². The molecule has 2 heterocycles. The highest BCUT2D eigenvalue weighted by Gasteiger charge is 2.68. The lowest BCUT2D eigenvalue weighted by molar-refractivity contribution is 0.0946. The predicted molar refractivity (Wildman–Crippen MR) is 105 cm³/mol. The fourth-order valence-corrected chi connectivity index (χ4v) is 5.02. The van der Waals surface area contributed by atoms with Crippen molar-refractivity contribution in [1.82, 2.24) is 4.57 Å². The van der Waals surface area contributed by atoms with E-state index in [1.165, 1.54) is 10.4 Å². The van der Waals surface area contributed by atoms with Crippen molar-refractivity contribution in [3.05, 3.63) is 58.4 Å². The zero-order valence-corrected chi connectivity index (χ0v) is 16.2. The van der Waals surface area contributed by atoms with Crippen LogP contribution >= 0.6 is 11.3 Å². The van der Waals surface area contributed by atoms with Gasteiger partial charge in [-0.3, -0.25) is 4.79 Å². The number of hydrogen-bond acceptors (Lipinski definition) is 2. The number of carbonyl (C=O) groups excluding carboxylic acids is 1. The van der Waals surface area contributed by atoms with E-state index in [9.17, 15) is 4.79 Å². The third kappa shape index (κ3) is 2.48. The minimum absolute atomic E-state index is 0.0737. The van der Waals surface area contributed by atoms with E-state index in [0.29, 0.717) is 5.78 Å². The molecule has 2 nitrogen and oxygen atoms in total. The molecule has 1 aromatic carbocycles. The van der Waals surface area contributed by atoms with E-state index in [1.54, 1.807) is 11.3 Å². The van der Waals surface area contributed by atoms with Crippen LogP contribution in [-0.2, 0) is 13.0 Å². The Labute approximate surface area is 153 Å². The number of rotatable bonds is 5. The quantitative estimate of drug-likeness (QED) is 0.532. The molecule has 3 heteroatoms. The maximum absolute atomic E-state index is 13.3. The molecule has 130 valence electrons. The summed E-state index contributed by atoms with van der Waals surface area (Å²) in [4.78, 5) is 14.7. The van der Waals surface area contributed by atoms with Gasteiger partial charge in [-0.1, -0.05) is 52.0 Å². The van der Waals surface area contributed by atoms with E-state index in [2.05, 4.69) is 74.2 Å². The van der Waals surface area contributed by atoms with Gasteiger partial charge in [-0.15, -0.1) is 11.3 Å². The molecule has 0 amide bonds. The summed E-state index contributed by atoms with van der Waals surface area (Å²) in [7, 11) is 0. The Morgan fingerprint density at radius 2 is 1.80 bits per heavy atom. The van der Waals surface area contributed by atoms with Gasteiger partial charge in [0.2, 0.25) is 0 Å². The normalized spacial score (nSPS) is 18.6. The zero-order valence-electron chi connectivity index (χ0n) is 15.4. The molecular weight excluding hydrogens is 326 g/mol. The Balaban J connectivity index is 1.69. The molecule has 1 fully saturated rings. The first-order chi connectivity index (χ1) is 11.8. The molecule has 0 bridgehead atoms. The van der Waals surface area contributed by atoms with E-state index in [0.717, 1.165) is 23.9 Å². The molecule has 0 radical (unpaired) electrons. The van der Waals surface area contributed by atoms with Crippen LogP contribution in [-0.4, -0.2) is 10.4 Å². The van der Waals surface area contributed by atoms with Gasteiger partial charge in [-0.2, -0.15) is 0 Å². The topological polar surface area (TPSA) is 22.0 Å². The Kier molecular flexibility index (Phi) is 3.69. The first kappa shape index (κ1) is 16.6.